The smallest absolute Gasteiger partial charge is 0.223 e. The van der Waals surface area contributed by atoms with Crippen LogP contribution in [0.25, 0.3) is 0 Å². The quantitative estimate of drug-likeness (QED) is 0.731. The number of nitrogens with zero attached hydrogens (tertiary/aromatic N) is 2. The lowest BCUT2D eigenvalue weighted by Gasteiger charge is -2.25. The van der Waals surface area contributed by atoms with Crippen molar-refractivity contribution >= 4 is 11.8 Å². The standard InChI is InChI=1S/C21H32N2O3/c1-21(2,3)17-20(25)23-13-8-12-22(14-15-23)19(24)11-7-16-26-18-9-5-4-6-10-18/h4-6,9-10H,7-8,11-17H2,1-3H3. The number of benzene rings is 1. The highest BCUT2D eigenvalue weighted by molar-refractivity contribution is 5.78. The molecule has 1 aliphatic rings. The lowest BCUT2D eigenvalue weighted by molar-refractivity contribution is -0.134. The molecule has 5 heteroatoms. The second-order valence-electron chi connectivity index (χ2n) is 8.12. The van der Waals surface area contributed by atoms with Gasteiger partial charge in [-0.05, 0) is 30.4 Å². The average Bonchev–Trinajstić information content (AvgIpc) is 2.84. The zero-order chi connectivity index (χ0) is 19.0. The van der Waals surface area contributed by atoms with E-state index in [9.17, 15) is 9.59 Å². The molecule has 0 spiro atoms. The molecule has 1 fully saturated rings. The minimum Gasteiger partial charge on any atom is -0.494 e. The first-order valence-electron chi connectivity index (χ1n) is 9.58. The molecule has 2 rings (SSSR count). The largest absolute Gasteiger partial charge is 0.494 e. The molecule has 0 atom stereocenters. The van der Waals surface area contributed by atoms with Crippen molar-refractivity contribution in [1.29, 1.82) is 0 Å². The molecule has 26 heavy (non-hydrogen) atoms. The molecule has 0 aromatic heterocycles. The summed E-state index contributed by atoms with van der Waals surface area (Å²) >= 11 is 0. The highest BCUT2D eigenvalue weighted by atomic mass is 16.5. The number of carbonyl (C=O) groups excluding carboxylic acids is 2. The van der Waals surface area contributed by atoms with Crippen LogP contribution in [0.5, 0.6) is 5.75 Å². The molecule has 1 saturated heterocycles. The van der Waals surface area contributed by atoms with Crippen LogP contribution in [-0.2, 0) is 9.59 Å². The maximum atomic E-state index is 12.4. The van der Waals surface area contributed by atoms with Crippen molar-refractivity contribution in [2.24, 2.45) is 5.41 Å². The van der Waals surface area contributed by atoms with E-state index < -0.39 is 0 Å². The van der Waals surface area contributed by atoms with E-state index in [0.717, 1.165) is 25.3 Å². The van der Waals surface area contributed by atoms with Crippen molar-refractivity contribution in [2.45, 2.75) is 46.5 Å². The fourth-order valence-electron chi connectivity index (χ4n) is 3.07. The Hall–Kier alpha value is -2.04. The molecule has 0 unspecified atom stereocenters. The van der Waals surface area contributed by atoms with Crippen LogP contribution in [0.3, 0.4) is 0 Å². The molecule has 1 heterocycles. The van der Waals surface area contributed by atoms with Gasteiger partial charge in [0, 0.05) is 39.0 Å². The molecule has 0 aliphatic carbocycles. The van der Waals surface area contributed by atoms with Crippen molar-refractivity contribution in [2.75, 3.05) is 32.8 Å². The van der Waals surface area contributed by atoms with E-state index in [1.54, 1.807) is 0 Å². The first-order chi connectivity index (χ1) is 12.3. The zero-order valence-electron chi connectivity index (χ0n) is 16.4. The molecular formula is C21H32N2O3. The third-order valence-corrected chi connectivity index (χ3v) is 4.43. The summed E-state index contributed by atoms with van der Waals surface area (Å²) in [6, 6.07) is 9.65. The van der Waals surface area contributed by atoms with Gasteiger partial charge in [0.2, 0.25) is 11.8 Å². The van der Waals surface area contributed by atoms with Crippen molar-refractivity contribution in [1.82, 2.24) is 9.80 Å². The Kier molecular flexibility index (Phi) is 7.49. The van der Waals surface area contributed by atoms with E-state index in [2.05, 4.69) is 20.8 Å². The highest BCUT2D eigenvalue weighted by Gasteiger charge is 2.24. The number of hydrogen-bond acceptors (Lipinski definition) is 3. The fourth-order valence-corrected chi connectivity index (χ4v) is 3.07. The van der Waals surface area contributed by atoms with Crippen molar-refractivity contribution in [3.63, 3.8) is 0 Å². The molecule has 0 N–H and O–H groups in total. The molecule has 1 aromatic rings. The Morgan fingerprint density at radius 3 is 2.19 bits per heavy atom. The Morgan fingerprint density at radius 2 is 1.58 bits per heavy atom. The van der Waals surface area contributed by atoms with Crippen LogP contribution in [0.1, 0.15) is 46.5 Å². The Balaban J connectivity index is 1.70. The lowest BCUT2D eigenvalue weighted by atomic mass is 9.91. The van der Waals surface area contributed by atoms with Gasteiger partial charge in [-0.15, -0.1) is 0 Å². The number of para-hydroxylation sites is 1. The van der Waals surface area contributed by atoms with Crippen LogP contribution >= 0.6 is 0 Å². The summed E-state index contributed by atoms with van der Waals surface area (Å²) in [6.07, 6.45) is 2.60. The van der Waals surface area contributed by atoms with Crippen LogP contribution in [-0.4, -0.2) is 54.4 Å². The van der Waals surface area contributed by atoms with Gasteiger partial charge in [0.25, 0.3) is 0 Å². The normalized spacial score (nSPS) is 15.5. The van der Waals surface area contributed by atoms with Gasteiger partial charge in [-0.2, -0.15) is 0 Å². The maximum Gasteiger partial charge on any atom is 0.223 e. The van der Waals surface area contributed by atoms with E-state index in [0.29, 0.717) is 39.0 Å². The predicted octanol–water partition coefficient (Wildman–Crippen LogP) is 3.34. The summed E-state index contributed by atoms with van der Waals surface area (Å²) in [4.78, 5) is 28.6. The average molecular weight is 360 g/mol. The van der Waals surface area contributed by atoms with Gasteiger partial charge in [-0.1, -0.05) is 39.0 Å². The predicted molar refractivity (Wildman–Crippen MR) is 103 cm³/mol. The number of amides is 2. The summed E-state index contributed by atoms with van der Waals surface area (Å²) in [5.74, 6) is 1.19. The fraction of sp³-hybridized carbons (Fsp3) is 0.619. The monoisotopic (exact) mass is 360 g/mol. The third-order valence-electron chi connectivity index (χ3n) is 4.43. The molecular weight excluding hydrogens is 328 g/mol. The van der Waals surface area contributed by atoms with E-state index in [-0.39, 0.29) is 17.2 Å². The molecule has 144 valence electrons. The highest BCUT2D eigenvalue weighted by Crippen LogP contribution is 2.20. The van der Waals surface area contributed by atoms with Crippen molar-refractivity contribution in [3.05, 3.63) is 30.3 Å². The van der Waals surface area contributed by atoms with Gasteiger partial charge in [0.1, 0.15) is 5.75 Å². The Bertz CT molecular complexity index is 581. The van der Waals surface area contributed by atoms with Gasteiger partial charge in [-0.25, -0.2) is 0 Å². The number of hydrogen-bond donors (Lipinski definition) is 0. The third kappa shape index (κ3) is 7.06. The van der Waals surface area contributed by atoms with Gasteiger partial charge in [-0.3, -0.25) is 9.59 Å². The van der Waals surface area contributed by atoms with E-state index >= 15 is 0 Å². The summed E-state index contributed by atoms with van der Waals surface area (Å²) < 4.78 is 5.64. The van der Waals surface area contributed by atoms with Crippen molar-refractivity contribution < 1.29 is 14.3 Å². The van der Waals surface area contributed by atoms with Crippen LogP contribution in [0.2, 0.25) is 0 Å². The number of rotatable bonds is 6. The Morgan fingerprint density at radius 1 is 0.962 bits per heavy atom. The lowest BCUT2D eigenvalue weighted by Crippen LogP contribution is -2.38. The van der Waals surface area contributed by atoms with Gasteiger partial charge >= 0.3 is 0 Å². The molecule has 0 bridgehead atoms. The minimum atomic E-state index is -0.00233. The molecule has 5 nitrogen and oxygen atoms in total. The first-order valence-corrected chi connectivity index (χ1v) is 9.58. The number of ether oxygens (including phenoxy) is 1. The molecule has 2 amide bonds. The van der Waals surface area contributed by atoms with Gasteiger partial charge in [0.15, 0.2) is 0 Å². The van der Waals surface area contributed by atoms with E-state index in [1.807, 2.05) is 40.1 Å². The van der Waals surface area contributed by atoms with E-state index in [4.69, 9.17) is 4.74 Å². The Labute approximate surface area is 157 Å². The van der Waals surface area contributed by atoms with E-state index in [1.165, 1.54) is 0 Å². The van der Waals surface area contributed by atoms with Gasteiger partial charge < -0.3 is 14.5 Å². The van der Waals surface area contributed by atoms with Crippen LogP contribution in [0.15, 0.2) is 30.3 Å². The van der Waals surface area contributed by atoms with Gasteiger partial charge in [0.05, 0.1) is 6.61 Å². The summed E-state index contributed by atoms with van der Waals surface area (Å²) in [6.45, 7) is 9.53. The summed E-state index contributed by atoms with van der Waals surface area (Å²) in [5, 5.41) is 0. The molecule has 1 aliphatic heterocycles. The number of carbonyl (C=O) groups is 2. The zero-order valence-corrected chi connectivity index (χ0v) is 16.4. The summed E-state index contributed by atoms with van der Waals surface area (Å²) in [7, 11) is 0. The van der Waals surface area contributed by atoms with Crippen molar-refractivity contribution in [3.8, 4) is 5.75 Å². The summed E-state index contributed by atoms with van der Waals surface area (Å²) in [5.41, 5.74) is -0.00233. The maximum absolute atomic E-state index is 12.4. The SMILES string of the molecule is CC(C)(C)CC(=O)N1CCCN(C(=O)CCCOc2ccccc2)CC1. The van der Waals surface area contributed by atoms with Crippen LogP contribution in [0.4, 0.5) is 0 Å². The molecule has 0 radical (unpaired) electrons. The molecule has 0 saturated carbocycles. The van der Waals surface area contributed by atoms with Crippen LogP contribution in [0, 0.1) is 5.41 Å². The van der Waals surface area contributed by atoms with Crippen LogP contribution < -0.4 is 4.74 Å². The minimum absolute atomic E-state index is 0.00233. The second-order valence-corrected chi connectivity index (χ2v) is 8.12. The topological polar surface area (TPSA) is 49.9 Å². The first kappa shape index (κ1) is 20.3. The molecule has 1 aromatic carbocycles. The second kappa shape index (κ2) is 9.60.